The van der Waals surface area contributed by atoms with Crippen molar-refractivity contribution in [1.29, 1.82) is 0 Å². The van der Waals surface area contributed by atoms with E-state index in [1.54, 1.807) is 14.2 Å². The molecule has 1 atom stereocenters. The minimum absolute atomic E-state index is 0.341. The van der Waals surface area contributed by atoms with E-state index >= 15 is 0 Å². The molecule has 0 spiro atoms. The topological polar surface area (TPSA) is 30.5 Å². The molecule has 1 saturated carbocycles. The zero-order chi connectivity index (χ0) is 15.1. The third kappa shape index (κ3) is 4.63. The molecule has 21 heavy (non-hydrogen) atoms. The van der Waals surface area contributed by atoms with E-state index in [0.717, 1.165) is 24.0 Å². The van der Waals surface area contributed by atoms with Gasteiger partial charge in [-0.1, -0.05) is 38.2 Å². The van der Waals surface area contributed by atoms with Crippen molar-refractivity contribution in [1.82, 2.24) is 5.32 Å². The lowest BCUT2D eigenvalue weighted by Gasteiger charge is -2.23. The molecule has 1 aliphatic rings. The molecule has 0 amide bonds. The van der Waals surface area contributed by atoms with Gasteiger partial charge in [0.25, 0.3) is 0 Å². The number of rotatable bonds is 7. The number of hydrogen-bond acceptors (Lipinski definition) is 3. The second-order valence-corrected chi connectivity index (χ2v) is 6.08. The van der Waals surface area contributed by atoms with Crippen LogP contribution in [0.25, 0.3) is 0 Å². The highest BCUT2D eigenvalue weighted by atomic mass is 16.5. The SMILES string of the molecule is COc1ccc(C(C)NCCC2CCCCC2)cc1OC. The van der Waals surface area contributed by atoms with E-state index in [1.165, 1.54) is 44.1 Å². The molecule has 0 radical (unpaired) electrons. The fraction of sp³-hybridized carbons (Fsp3) is 0.667. The lowest BCUT2D eigenvalue weighted by Crippen LogP contribution is -2.22. The van der Waals surface area contributed by atoms with Gasteiger partial charge in [0.05, 0.1) is 14.2 Å². The third-order valence-electron chi connectivity index (χ3n) is 4.64. The molecule has 118 valence electrons. The number of benzene rings is 1. The lowest BCUT2D eigenvalue weighted by atomic mass is 9.87. The molecule has 1 aromatic carbocycles. The first-order valence-corrected chi connectivity index (χ1v) is 8.20. The van der Waals surface area contributed by atoms with Crippen molar-refractivity contribution in [3.05, 3.63) is 23.8 Å². The maximum absolute atomic E-state index is 5.37. The van der Waals surface area contributed by atoms with E-state index in [1.807, 2.05) is 6.07 Å². The summed E-state index contributed by atoms with van der Waals surface area (Å²) in [5, 5.41) is 3.64. The second-order valence-electron chi connectivity index (χ2n) is 6.08. The Balaban J connectivity index is 1.83. The minimum Gasteiger partial charge on any atom is -0.493 e. The average molecular weight is 291 g/mol. The summed E-state index contributed by atoms with van der Waals surface area (Å²) in [6.45, 7) is 3.31. The Kier molecular flexibility index (Phi) is 6.37. The average Bonchev–Trinajstić information content (AvgIpc) is 2.55. The highest BCUT2D eigenvalue weighted by molar-refractivity contribution is 5.43. The van der Waals surface area contributed by atoms with Gasteiger partial charge < -0.3 is 14.8 Å². The molecular formula is C18H29NO2. The molecule has 2 rings (SSSR count). The monoisotopic (exact) mass is 291 g/mol. The van der Waals surface area contributed by atoms with Crippen LogP contribution in [0.3, 0.4) is 0 Å². The van der Waals surface area contributed by atoms with Gasteiger partial charge >= 0.3 is 0 Å². The molecule has 0 heterocycles. The molecule has 0 saturated heterocycles. The van der Waals surface area contributed by atoms with Crippen molar-refractivity contribution in [3.63, 3.8) is 0 Å². The summed E-state index contributed by atoms with van der Waals surface area (Å²) in [7, 11) is 3.35. The van der Waals surface area contributed by atoms with Gasteiger partial charge in [-0.3, -0.25) is 0 Å². The van der Waals surface area contributed by atoms with Crippen molar-refractivity contribution in [3.8, 4) is 11.5 Å². The number of methoxy groups -OCH3 is 2. The summed E-state index contributed by atoms with van der Waals surface area (Å²) in [5.74, 6) is 2.52. The summed E-state index contributed by atoms with van der Waals surface area (Å²) in [6, 6.07) is 6.50. The van der Waals surface area contributed by atoms with Crippen LogP contribution in [0.5, 0.6) is 11.5 Å². The number of nitrogens with one attached hydrogen (secondary N) is 1. The maximum Gasteiger partial charge on any atom is 0.161 e. The van der Waals surface area contributed by atoms with Crippen molar-refractivity contribution in [2.75, 3.05) is 20.8 Å². The maximum atomic E-state index is 5.37. The van der Waals surface area contributed by atoms with Gasteiger partial charge in [0.2, 0.25) is 0 Å². The molecule has 1 aromatic rings. The van der Waals surface area contributed by atoms with E-state index in [2.05, 4.69) is 24.4 Å². The van der Waals surface area contributed by atoms with Crippen LogP contribution in [-0.2, 0) is 0 Å². The summed E-state index contributed by atoms with van der Waals surface area (Å²) in [5.41, 5.74) is 1.25. The highest BCUT2D eigenvalue weighted by Gasteiger charge is 2.14. The summed E-state index contributed by atoms with van der Waals surface area (Å²) in [4.78, 5) is 0. The first-order chi connectivity index (χ1) is 10.2. The quantitative estimate of drug-likeness (QED) is 0.811. The van der Waals surface area contributed by atoms with Crippen LogP contribution < -0.4 is 14.8 Å². The van der Waals surface area contributed by atoms with Gasteiger partial charge in [0.1, 0.15) is 0 Å². The molecule has 1 N–H and O–H groups in total. The fourth-order valence-electron chi connectivity index (χ4n) is 3.22. The van der Waals surface area contributed by atoms with Crippen LogP contribution in [0.15, 0.2) is 18.2 Å². The Labute approximate surface area is 129 Å². The molecule has 0 aliphatic heterocycles. The van der Waals surface area contributed by atoms with Crippen LogP contribution in [0.2, 0.25) is 0 Å². The van der Waals surface area contributed by atoms with E-state index in [4.69, 9.17) is 9.47 Å². The summed E-state index contributed by atoms with van der Waals surface area (Å²) < 4.78 is 10.7. The lowest BCUT2D eigenvalue weighted by molar-refractivity contribution is 0.329. The van der Waals surface area contributed by atoms with Crippen LogP contribution >= 0.6 is 0 Å². The van der Waals surface area contributed by atoms with Crippen LogP contribution in [0.1, 0.15) is 57.1 Å². The van der Waals surface area contributed by atoms with E-state index in [-0.39, 0.29) is 0 Å². The molecule has 1 aliphatic carbocycles. The van der Waals surface area contributed by atoms with Gasteiger partial charge in [0, 0.05) is 6.04 Å². The minimum atomic E-state index is 0.341. The number of hydrogen-bond donors (Lipinski definition) is 1. The molecule has 1 unspecified atom stereocenters. The van der Waals surface area contributed by atoms with Crippen LogP contribution in [-0.4, -0.2) is 20.8 Å². The van der Waals surface area contributed by atoms with E-state index in [9.17, 15) is 0 Å². The Morgan fingerprint density at radius 1 is 1.10 bits per heavy atom. The first-order valence-electron chi connectivity index (χ1n) is 8.20. The molecule has 0 aromatic heterocycles. The van der Waals surface area contributed by atoms with E-state index in [0.29, 0.717) is 6.04 Å². The zero-order valence-electron chi connectivity index (χ0n) is 13.7. The summed E-state index contributed by atoms with van der Waals surface area (Å²) in [6.07, 6.45) is 8.44. The second kappa shape index (κ2) is 8.28. The van der Waals surface area contributed by atoms with Crippen molar-refractivity contribution in [2.24, 2.45) is 5.92 Å². The predicted molar refractivity (Wildman–Crippen MR) is 87.2 cm³/mol. The Bertz CT molecular complexity index is 427. The predicted octanol–water partition coefficient (Wildman–Crippen LogP) is 4.32. The Morgan fingerprint density at radius 3 is 2.48 bits per heavy atom. The van der Waals surface area contributed by atoms with Crippen molar-refractivity contribution in [2.45, 2.75) is 51.5 Å². The van der Waals surface area contributed by atoms with Crippen molar-refractivity contribution < 1.29 is 9.47 Å². The largest absolute Gasteiger partial charge is 0.493 e. The zero-order valence-corrected chi connectivity index (χ0v) is 13.7. The Hall–Kier alpha value is -1.22. The molecule has 0 bridgehead atoms. The van der Waals surface area contributed by atoms with Gasteiger partial charge in [-0.2, -0.15) is 0 Å². The standard InChI is InChI=1S/C18H29NO2/c1-14(19-12-11-15-7-5-4-6-8-15)16-9-10-17(20-2)18(13-16)21-3/h9-10,13-15,19H,4-8,11-12H2,1-3H3. The van der Waals surface area contributed by atoms with E-state index < -0.39 is 0 Å². The van der Waals surface area contributed by atoms with Crippen LogP contribution in [0.4, 0.5) is 0 Å². The van der Waals surface area contributed by atoms with Gasteiger partial charge in [0.15, 0.2) is 11.5 Å². The first kappa shape index (κ1) is 16.2. The normalized spacial score (nSPS) is 17.5. The van der Waals surface area contributed by atoms with Gasteiger partial charge in [-0.25, -0.2) is 0 Å². The van der Waals surface area contributed by atoms with Crippen molar-refractivity contribution >= 4 is 0 Å². The van der Waals surface area contributed by atoms with Gasteiger partial charge in [-0.15, -0.1) is 0 Å². The van der Waals surface area contributed by atoms with Gasteiger partial charge in [-0.05, 0) is 43.5 Å². The highest BCUT2D eigenvalue weighted by Crippen LogP contribution is 2.30. The molecular weight excluding hydrogens is 262 g/mol. The number of ether oxygens (including phenoxy) is 2. The molecule has 3 heteroatoms. The fourth-order valence-corrected chi connectivity index (χ4v) is 3.22. The van der Waals surface area contributed by atoms with Crippen LogP contribution in [0, 0.1) is 5.92 Å². The molecule has 3 nitrogen and oxygen atoms in total. The Morgan fingerprint density at radius 2 is 1.81 bits per heavy atom. The smallest absolute Gasteiger partial charge is 0.161 e. The molecule has 1 fully saturated rings. The third-order valence-corrected chi connectivity index (χ3v) is 4.64. The summed E-state index contributed by atoms with van der Waals surface area (Å²) >= 11 is 0.